The number of nitrogens with one attached hydrogen (secondary N) is 1. The van der Waals surface area contributed by atoms with Crippen LogP contribution < -0.4 is 5.32 Å². The van der Waals surface area contributed by atoms with E-state index in [1.807, 2.05) is 35.8 Å². The molecule has 4 aromatic rings. The number of anilines is 1. The number of nitrogens with zero attached hydrogens (tertiary/aromatic N) is 6. The summed E-state index contributed by atoms with van der Waals surface area (Å²) in [6.45, 7) is 8.89. The van der Waals surface area contributed by atoms with Crippen LogP contribution in [-0.2, 0) is 18.0 Å². The Morgan fingerprint density at radius 3 is 2.63 bits per heavy atom. The number of rotatable bonds is 8. The first-order valence-electron chi connectivity index (χ1n) is 14.4. The molecule has 0 spiro atoms. The number of fused-ring (bicyclic) bond motifs is 1. The van der Waals surface area contributed by atoms with Crippen LogP contribution in [0.15, 0.2) is 91.4 Å². The van der Waals surface area contributed by atoms with E-state index < -0.39 is 0 Å². The number of aromatic nitrogens is 4. The van der Waals surface area contributed by atoms with Gasteiger partial charge in [0, 0.05) is 43.0 Å². The van der Waals surface area contributed by atoms with Gasteiger partial charge in [-0.05, 0) is 49.6 Å². The Kier molecular flexibility index (Phi) is 8.11. The maximum absolute atomic E-state index is 15.1. The number of benzene rings is 2. The van der Waals surface area contributed by atoms with Crippen molar-refractivity contribution in [2.75, 3.05) is 18.4 Å². The SMILES string of the molecule is C=CC1=C(/C=C\C)OCn2c1nc(-c1ccc(CN3CCC(Nc4ccnc(C#N)n4)CC3)cc1)c2-c1ccccc1F. The Labute approximate surface area is 250 Å². The fraction of sp³-hybridized carbons (Fsp3) is 0.235. The van der Waals surface area contributed by atoms with Gasteiger partial charge in [0.15, 0.2) is 6.73 Å². The van der Waals surface area contributed by atoms with Gasteiger partial charge in [-0.1, -0.05) is 55.1 Å². The zero-order valence-corrected chi connectivity index (χ0v) is 24.0. The van der Waals surface area contributed by atoms with E-state index >= 15 is 4.39 Å². The first-order valence-corrected chi connectivity index (χ1v) is 14.4. The average molecular weight is 574 g/mol. The van der Waals surface area contributed by atoms with Crippen LogP contribution >= 0.6 is 0 Å². The quantitative estimate of drug-likeness (QED) is 0.255. The van der Waals surface area contributed by atoms with Gasteiger partial charge >= 0.3 is 0 Å². The molecule has 6 rings (SSSR count). The topological polar surface area (TPSA) is 91.9 Å². The highest BCUT2D eigenvalue weighted by Crippen LogP contribution is 2.39. The van der Waals surface area contributed by atoms with Crippen LogP contribution in [0.1, 0.15) is 37.0 Å². The van der Waals surface area contributed by atoms with E-state index in [9.17, 15) is 0 Å². The summed E-state index contributed by atoms with van der Waals surface area (Å²) in [5, 5.41) is 12.5. The maximum Gasteiger partial charge on any atom is 0.234 e. The number of piperidine rings is 1. The Morgan fingerprint density at radius 1 is 1.12 bits per heavy atom. The predicted molar refractivity (Wildman–Crippen MR) is 165 cm³/mol. The third-order valence-electron chi connectivity index (χ3n) is 7.80. The van der Waals surface area contributed by atoms with Crippen LogP contribution in [0.5, 0.6) is 0 Å². The Morgan fingerprint density at radius 2 is 1.91 bits per heavy atom. The van der Waals surface area contributed by atoms with Crippen LogP contribution in [0.25, 0.3) is 28.1 Å². The molecule has 4 heterocycles. The molecule has 43 heavy (non-hydrogen) atoms. The summed E-state index contributed by atoms with van der Waals surface area (Å²) in [5.74, 6) is 1.95. The van der Waals surface area contributed by atoms with Crippen LogP contribution in [-0.4, -0.2) is 43.6 Å². The van der Waals surface area contributed by atoms with Gasteiger partial charge in [0.1, 0.15) is 29.3 Å². The molecule has 8 nitrogen and oxygen atoms in total. The van der Waals surface area contributed by atoms with Gasteiger partial charge in [0.2, 0.25) is 5.82 Å². The van der Waals surface area contributed by atoms with E-state index in [0.717, 1.165) is 43.6 Å². The molecule has 216 valence electrons. The molecule has 1 saturated heterocycles. The molecular weight excluding hydrogens is 541 g/mol. The summed E-state index contributed by atoms with van der Waals surface area (Å²) < 4.78 is 23.1. The van der Waals surface area contributed by atoms with Crippen molar-refractivity contribution >= 4 is 11.4 Å². The Balaban J connectivity index is 1.21. The van der Waals surface area contributed by atoms with Crippen LogP contribution in [0.3, 0.4) is 0 Å². The lowest BCUT2D eigenvalue weighted by Gasteiger charge is -2.32. The molecule has 1 N–H and O–H groups in total. The standard InChI is InChI=1S/C34H32FN7O/c1-3-7-29-26(4-2)34-40-32(33(42(34)22-43-29)27-8-5-6-9-28(27)35)24-12-10-23(11-13-24)21-41-18-15-25(16-19-41)38-30-14-17-37-31(20-36)39-30/h3-14,17,25H,2,15-16,18-19,21-22H2,1H3,(H,37,38,39)/b7-3-. The molecule has 0 radical (unpaired) electrons. The molecule has 0 amide bonds. The normalized spacial score (nSPS) is 15.7. The fourth-order valence-corrected chi connectivity index (χ4v) is 5.68. The van der Waals surface area contributed by atoms with E-state index in [2.05, 4.69) is 51.0 Å². The summed E-state index contributed by atoms with van der Waals surface area (Å²) in [6, 6.07) is 19.2. The van der Waals surface area contributed by atoms with Gasteiger partial charge in [-0.2, -0.15) is 5.26 Å². The third kappa shape index (κ3) is 5.83. The number of ether oxygens (including phenoxy) is 1. The van der Waals surface area contributed by atoms with Crippen molar-refractivity contribution in [1.82, 2.24) is 24.4 Å². The number of likely N-dealkylation sites (tertiary alicyclic amines) is 1. The molecule has 0 atom stereocenters. The molecule has 0 bridgehead atoms. The van der Waals surface area contributed by atoms with E-state index in [-0.39, 0.29) is 18.4 Å². The molecule has 0 aliphatic carbocycles. The minimum atomic E-state index is -0.311. The highest BCUT2D eigenvalue weighted by molar-refractivity contribution is 5.84. The summed E-state index contributed by atoms with van der Waals surface area (Å²) >= 11 is 0. The number of allylic oxidation sites excluding steroid dienone is 4. The summed E-state index contributed by atoms with van der Waals surface area (Å²) in [4.78, 5) is 15.6. The highest BCUT2D eigenvalue weighted by atomic mass is 19.1. The summed E-state index contributed by atoms with van der Waals surface area (Å²) in [5.41, 5.74) is 4.74. The third-order valence-corrected chi connectivity index (χ3v) is 7.80. The van der Waals surface area contributed by atoms with Gasteiger partial charge in [0.05, 0.1) is 17.0 Å². The van der Waals surface area contributed by atoms with E-state index in [4.69, 9.17) is 15.0 Å². The molecule has 9 heteroatoms. The van der Waals surface area contributed by atoms with Gasteiger partial charge in [-0.25, -0.2) is 19.3 Å². The Bertz CT molecular complexity index is 1740. The van der Waals surface area contributed by atoms with Crippen LogP contribution in [0.2, 0.25) is 0 Å². The van der Waals surface area contributed by atoms with Gasteiger partial charge in [0.25, 0.3) is 0 Å². The molecule has 0 saturated carbocycles. The van der Waals surface area contributed by atoms with Crippen LogP contribution in [0, 0.1) is 17.1 Å². The highest BCUT2D eigenvalue weighted by Gasteiger charge is 2.28. The van der Waals surface area contributed by atoms with Gasteiger partial charge in [-0.3, -0.25) is 9.47 Å². The fourth-order valence-electron chi connectivity index (χ4n) is 5.68. The second-order valence-electron chi connectivity index (χ2n) is 10.6. The molecule has 2 aliphatic heterocycles. The van der Waals surface area contributed by atoms with Crippen molar-refractivity contribution in [2.24, 2.45) is 0 Å². The summed E-state index contributed by atoms with van der Waals surface area (Å²) in [7, 11) is 0. The molecule has 2 aliphatic rings. The number of nitriles is 1. The second-order valence-corrected chi connectivity index (χ2v) is 10.6. The predicted octanol–water partition coefficient (Wildman–Crippen LogP) is 6.56. The minimum absolute atomic E-state index is 0.173. The zero-order valence-electron chi connectivity index (χ0n) is 24.0. The number of hydrogen-bond acceptors (Lipinski definition) is 7. The van der Waals surface area contributed by atoms with Crippen molar-refractivity contribution in [1.29, 1.82) is 5.26 Å². The zero-order chi connectivity index (χ0) is 29.8. The number of halogens is 1. The molecule has 1 fully saturated rings. The van der Waals surface area contributed by atoms with Crippen molar-refractivity contribution in [3.8, 4) is 28.6 Å². The Hall–Kier alpha value is -5.07. The van der Waals surface area contributed by atoms with E-state index in [0.29, 0.717) is 40.4 Å². The van der Waals surface area contributed by atoms with E-state index in [1.165, 1.54) is 11.6 Å². The molecule has 0 unspecified atom stereocenters. The number of hydrogen-bond donors (Lipinski definition) is 1. The molecule has 2 aromatic carbocycles. The molecular formula is C34H32FN7O. The first-order chi connectivity index (χ1) is 21.1. The lowest BCUT2D eigenvalue weighted by Crippen LogP contribution is -2.38. The van der Waals surface area contributed by atoms with Gasteiger partial charge in [-0.15, -0.1) is 0 Å². The van der Waals surface area contributed by atoms with Crippen LogP contribution in [0.4, 0.5) is 10.2 Å². The summed E-state index contributed by atoms with van der Waals surface area (Å²) in [6.07, 6.45) is 9.11. The lowest BCUT2D eigenvalue weighted by molar-refractivity contribution is 0.148. The largest absolute Gasteiger partial charge is 0.472 e. The lowest BCUT2D eigenvalue weighted by atomic mass is 10.0. The number of imidazole rings is 1. The second kappa shape index (κ2) is 12.4. The van der Waals surface area contributed by atoms with E-state index in [1.54, 1.807) is 30.5 Å². The van der Waals surface area contributed by atoms with Crippen molar-refractivity contribution in [3.05, 3.63) is 114 Å². The molecule has 2 aromatic heterocycles. The first kappa shape index (κ1) is 28.1. The maximum atomic E-state index is 15.1. The van der Waals surface area contributed by atoms with Crippen molar-refractivity contribution in [3.63, 3.8) is 0 Å². The minimum Gasteiger partial charge on any atom is -0.472 e. The smallest absolute Gasteiger partial charge is 0.234 e. The monoisotopic (exact) mass is 573 g/mol. The van der Waals surface area contributed by atoms with Crippen molar-refractivity contribution in [2.45, 2.75) is 39.1 Å². The average Bonchev–Trinajstić information content (AvgIpc) is 3.42. The van der Waals surface area contributed by atoms with Crippen molar-refractivity contribution < 1.29 is 9.13 Å². The van der Waals surface area contributed by atoms with Gasteiger partial charge < -0.3 is 10.1 Å².